The second-order valence-corrected chi connectivity index (χ2v) is 3.81. The molecular formula is C11H17F2N3O. The summed E-state index contributed by atoms with van der Waals surface area (Å²) in [5.74, 6) is -1.43. The highest BCUT2D eigenvalue weighted by Gasteiger charge is 2.12. The van der Waals surface area contributed by atoms with E-state index in [4.69, 9.17) is 5.11 Å². The summed E-state index contributed by atoms with van der Waals surface area (Å²) in [6.45, 7) is 1.94. The number of halogens is 2. The maximum absolute atomic E-state index is 13.4. The van der Waals surface area contributed by atoms with E-state index in [0.29, 0.717) is 12.8 Å². The average Bonchev–Trinajstić information content (AvgIpc) is 2.30. The quantitative estimate of drug-likeness (QED) is 0.717. The van der Waals surface area contributed by atoms with E-state index in [-0.39, 0.29) is 24.3 Å². The Morgan fingerprint density at radius 3 is 2.59 bits per heavy atom. The van der Waals surface area contributed by atoms with Gasteiger partial charge in [0, 0.05) is 25.8 Å². The number of aromatic nitrogens is 1. The van der Waals surface area contributed by atoms with Gasteiger partial charge in [-0.1, -0.05) is 0 Å². The second-order valence-electron chi connectivity index (χ2n) is 3.81. The highest BCUT2D eigenvalue weighted by molar-refractivity contribution is 5.47. The largest absolute Gasteiger partial charge is 0.396 e. The highest BCUT2D eigenvalue weighted by Crippen LogP contribution is 2.19. The zero-order chi connectivity index (χ0) is 12.8. The molecule has 1 heterocycles. The van der Waals surface area contributed by atoms with Crippen LogP contribution in [0.1, 0.15) is 19.8 Å². The molecule has 0 aliphatic heterocycles. The van der Waals surface area contributed by atoms with Gasteiger partial charge in [-0.05, 0) is 19.8 Å². The Balaban J connectivity index is 2.76. The van der Waals surface area contributed by atoms with Crippen LogP contribution in [0.25, 0.3) is 0 Å². The minimum absolute atomic E-state index is 0.00302. The van der Waals surface area contributed by atoms with Crippen molar-refractivity contribution in [1.29, 1.82) is 0 Å². The van der Waals surface area contributed by atoms with Gasteiger partial charge in [0.15, 0.2) is 23.3 Å². The molecule has 0 radical (unpaired) electrons. The van der Waals surface area contributed by atoms with Gasteiger partial charge in [-0.25, -0.2) is 13.8 Å². The first-order valence-corrected chi connectivity index (χ1v) is 5.49. The molecule has 3 N–H and O–H groups in total. The Morgan fingerprint density at radius 2 is 2.00 bits per heavy atom. The Labute approximate surface area is 99.1 Å². The fourth-order valence-corrected chi connectivity index (χ4v) is 1.45. The molecule has 0 aromatic carbocycles. The molecule has 1 unspecified atom stereocenters. The molecule has 0 amide bonds. The molecule has 4 nitrogen and oxygen atoms in total. The third kappa shape index (κ3) is 3.81. The van der Waals surface area contributed by atoms with Gasteiger partial charge in [0.1, 0.15) is 0 Å². The van der Waals surface area contributed by atoms with E-state index < -0.39 is 11.6 Å². The van der Waals surface area contributed by atoms with Crippen LogP contribution in [0.3, 0.4) is 0 Å². The Morgan fingerprint density at radius 1 is 1.35 bits per heavy atom. The van der Waals surface area contributed by atoms with E-state index >= 15 is 0 Å². The minimum Gasteiger partial charge on any atom is -0.396 e. The van der Waals surface area contributed by atoms with Gasteiger partial charge in [0.2, 0.25) is 0 Å². The number of rotatable bonds is 6. The standard InChI is InChI=1S/C11H17F2N3O/c1-7(4-3-5-17)15-11-9(13)6-8(12)10(14-2)16-11/h6-7,17H,3-5H2,1-2H3,(H2,14,15,16). The maximum Gasteiger partial charge on any atom is 0.168 e. The highest BCUT2D eigenvalue weighted by atomic mass is 19.1. The van der Waals surface area contributed by atoms with Crippen LogP contribution in [0.5, 0.6) is 0 Å². The molecular weight excluding hydrogens is 228 g/mol. The minimum atomic E-state index is -0.725. The first-order chi connectivity index (χ1) is 8.08. The molecule has 0 fully saturated rings. The molecule has 17 heavy (non-hydrogen) atoms. The predicted octanol–water partition coefficient (Wildman–Crippen LogP) is 1.97. The number of pyridine rings is 1. The number of nitrogens with zero attached hydrogens (tertiary/aromatic N) is 1. The van der Waals surface area contributed by atoms with Gasteiger partial charge in [0.25, 0.3) is 0 Å². The summed E-state index contributed by atoms with van der Waals surface area (Å²) in [6.07, 6.45) is 1.31. The lowest BCUT2D eigenvalue weighted by Crippen LogP contribution is -2.18. The molecule has 1 aromatic heterocycles. The monoisotopic (exact) mass is 245 g/mol. The lowest BCUT2D eigenvalue weighted by Gasteiger charge is -2.15. The van der Waals surface area contributed by atoms with Crippen LogP contribution in [-0.4, -0.2) is 29.8 Å². The molecule has 0 saturated carbocycles. The normalized spacial score (nSPS) is 12.3. The maximum atomic E-state index is 13.4. The fraction of sp³-hybridized carbons (Fsp3) is 0.545. The smallest absolute Gasteiger partial charge is 0.168 e. The molecule has 0 aliphatic rings. The zero-order valence-corrected chi connectivity index (χ0v) is 9.93. The van der Waals surface area contributed by atoms with E-state index in [1.165, 1.54) is 7.05 Å². The molecule has 1 atom stereocenters. The summed E-state index contributed by atoms with van der Waals surface area (Å²) in [5, 5.41) is 14.1. The predicted molar refractivity (Wildman–Crippen MR) is 63.1 cm³/mol. The third-order valence-electron chi connectivity index (χ3n) is 2.34. The summed E-state index contributed by atoms with van der Waals surface area (Å²) in [4.78, 5) is 3.80. The third-order valence-corrected chi connectivity index (χ3v) is 2.34. The van der Waals surface area contributed by atoms with Crippen LogP contribution >= 0.6 is 0 Å². The van der Waals surface area contributed by atoms with E-state index in [1.807, 2.05) is 6.92 Å². The van der Waals surface area contributed by atoms with Gasteiger partial charge in [-0.15, -0.1) is 0 Å². The van der Waals surface area contributed by atoms with Crippen molar-refractivity contribution in [2.75, 3.05) is 24.3 Å². The summed E-state index contributed by atoms with van der Waals surface area (Å²) >= 11 is 0. The van der Waals surface area contributed by atoms with E-state index in [2.05, 4.69) is 15.6 Å². The van der Waals surface area contributed by atoms with Crippen molar-refractivity contribution in [2.45, 2.75) is 25.8 Å². The number of nitrogens with one attached hydrogen (secondary N) is 2. The van der Waals surface area contributed by atoms with Crippen LogP contribution in [0.4, 0.5) is 20.4 Å². The van der Waals surface area contributed by atoms with Crippen LogP contribution in [0.15, 0.2) is 6.07 Å². The van der Waals surface area contributed by atoms with Crippen LogP contribution in [-0.2, 0) is 0 Å². The van der Waals surface area contributed by atoms with Crippen molar-refractivity contribution in [1.82, 2.24) is 4.98 Å². The van der Waals surface area contributed by atoms with Gasteiger partial charge in [0.05, 0.1) is 0 Å². The summed E-state index contributed by atoms with van der Waals surface area (Å²) in [5.41, 5.74) is 0. The second kappa shape index (κ2) is 6.34. The molecule has 96 valence electrons. The number of hydrogen-bond donors (Lipinski definition) is 3. The molecule has 1 rings (SSSR count). The zero-order valence-electron chi connectivity index (χ0n) is 9.93. The molecule has 1 aromatic rings. The number of aliphatic hydroxyl groups is 1. The lowest BCUT2D eigenvalue weighted by molar-refractivity contribution is 0.282. The van der Waals surface area contributed by atoms with Crippen LogP contribution < -0.4 is 10.6 Å². The Hall–Kier alpha value is -1.43. The van der Waals surface area contributed by atoms with Gasteiger partial charge in [-0.3, -0.25) is 0 Å². The van der Waals surface area contributed by atoms with E-state index in [0.717, 1.165) is 6.07 Å². The first kappa shape index (κ1) is 13.6. The molecule has 0 bridgehead atoms. The Kier molecular flexibility index (Phi) is 5.09. The van der Waals surface area contributed by atoms with Gasteiger partial charge >= 0.3 is 0 Å². The summed E-state index contributed by atoms with van der Waals surface area (Å²) in [6, 6.07) is 0.749. The fourth-order valence-electron chi connectivity index (χ4n) is 1.45. The molecule has 0 spiro atoms. The van der Waals surface area contributed by atoms with Crippen molar-refractivity contribution >= 4 is 11.6 Å². The Bertz CT molecular complexity index is 374. The number of hydrogen-bond acceptors (Lipinski definition) is 4. The van der Waals surface area contributed by atoms with Crippen molar-refractivity contribution in [2.24, 2.45) is 0 Å². The number of anilines is 2. The van der Waals surface area contributed by atoms with Gasteiger partial charge in [-0.2, -0.15) is 0 Å². The molecule has 6 heteroatoms. The van der Waals surface area contributed by atoms with Crippen LogP contribution in [0.2, 0.25) is 0 Å². The molecule has 0 saturated heterocycles. The van der Waals surface area contributed by atoms with E-state index in [9.17, 15) is 8.78 Å². The van der Waals surface area contributed by atoms with Crippen molar-refractivity contribution in [3.8, 4) is 0 Å². The van der Waals surface area contributed by atoms with Crippen molar-refractivity contribution in [3.63, 3.8) is 0 Å². The van der Waals surface area contributed by atoms with Crippen molar-refractivity contribution < 1.29 is 13.9 Å². The van der Waals surface area contributed by atoms with Crippen LogP contribution in [0, 0.1) is 11.6 Å². The summed E-state index contributed by atoms with van der Waals surface area (Å²) in [7, 11) is 1.52. The average molecular weight is 245 g/mol. The first-order valence-electron chi connectivity index (χ1n) is 5.49. The summed E-state index contributed by atoms with van der Waals surface area (Å²) < 4.78 is 26.6. The number of aliphatic hydroxyl groups excluding tert-OH is 1. The topological polar surface area (TPSA) is 57.2 Å². The van der Waals surface area contributed by atoms with E-state index in [1.54, 1.807) is 0 Å². The van der Waals surface area contributed by atoms with Gasteiger partial charge < -0.3 is 15.7 Å². The van der Waals surface area contributed by atoms with Crippen molar-refractivity contribution in [3.05, 3.63) is 17.7 Å². The lowest BCUT2D eigenvalue weighted by atomic mass is 10.2. The molecule has 0 aliphatic carbocycles. The SMILES string of the molecule is CNc1nc(NC(C)CCCO)c(F)cc1F.